The molecule has 2 aliphatic rings. The Bertz CT molecular complexity index is 1110. The van der Waals surface area contributed by atoms with E-state index in [0.717, 1.165) is 11.1 Å². The van der Waals surface area contributed by atoms with Crippen LogP contribution in [0.4, 0.5) is 0 Å². The van der Waals surface area contributed by atoms with Crippen molar-refractivity contribution in [1.82, 2.24) is 0 Å². The van der Waals surface area contributed by atoms with E-state index in [-0.39, 0.29) is 37.1 Å². The second-order valence-electron chi connectivity index (χ2n) is 7.63. The van der Waals surface area contributed by atoms with E-state index in [0.29, 0.717) is 48.8 Å². The maximum Gasteiger partial charge on any atom is 0.310 e. The van der Waals surface area contributed by atoms with Gasteiger partial charge in [-0.25, -0.2) is 0 Å². The van der Waals surface area contributed by atoms with E-state index in [1.165, 1.54) is 0 Å². The number of fused-ring (bicyclic) bond motifs is 1. The number of esters is 1. The van der Waals surface area contributed by atoms with Gasteiger partial charge >= 0.3 is 5.97 Å². The zero-order valence-corrected chi connectivity index (χ0v) is 23.7. The van der Waals surface area contributed by atoms with Gasteiger partial charge in [0.15, 0.2) is 23.0 Å². The molecule has 2 aromatic rings. The molecular formula is C23H23Br3O8. The molecule has 0 amide bonds. The van der Waals surface area contributed by atoms with Crippen molar-refractivity contribution in [3.8, 4) is 34.5 Å². The summed E-state index contributed by atoms with van der Waals surface area (Å²) < 4.78 is 40.7. The fourth-order valence-corrected chi connectivity index (χ4v) is 6.65. The lowest BCUT2D eigenvalue weighted by Crippen LogP contribution is -2.25. The lowest BCUT2D eigenvalue weighted by Gasteiger charge is -2.30. The SMILES string of the molecule is COc1cc(C(c2cc3c(c(OC)c2Br)OCO3)C2COC(=O)C2CBr)c(Br)c(OC)c1OC. The van der Waals surface area contributed by atoms with E-state index in [1.54, 1.807) is 28.4 Å². The average Bonchev–Trinajstić information content (AvgIpc) is 3.46. The maximum absolute atomic E-state index is 12.6. The Morgan fingerprint density at radius 3 is 2.18 bits per heavy atom. The molecule has 8 nitrogen and oxygen atoms in total. The number of cyclic esters (lactones) is 1. The van der Waals surface area contributed by atoms with Crippen molar-refractivity contribution in [2.24, 2.45) is 11.8 Å². The summed E-state index contributed by atoms with van der Waals surface area (Å²) in [5.74, 6) is 1.83. The number of carbonyl (C=O) groups excluding carboxylic acids is 1. The summed E-state index contributed by atoms with van der Waals surface area (Å²) in [6, 6.07) is 3.79. The maximum atomic E-state index is 12.6. The summed E-state index contributed by atoms with van der Waals surface area (Å²) in [7, 11) is 6.24. The van der Waals surface area contributed by atoms with E-state index in [9.17, 15) is 4.79 Å². The van der Waals surface area contributed by atoms with Crippen LogP contribution in [0.1, 0.15) is 17.0 Å². The first-order valence-corrected chi connectivity index (χ1v) is 13.0. The third kappa shape index (κ3) is 4.09. The number of methoxy groups -OCH3 is 4. The Morgan fingerprint density at radius 2 is 1.56 bits per heavy atom. The molecule has 0 saturated carbocycles. The van der Waals surface area contributed by atoms with Crippen LogP contribution in [0.5, 0.6) is 34.5 Å². The molecule has 0 aromatic heterocycles. The Morgan fingerprint density at radius 1 is 0.912 bits per heavy atom. The van der Waals surface area contributed by atoms with Gasteiger partial charge in [0.1, 0.15) is 0 Å². The summed E-state index contributed by atoms with van der Waals surface area (Å²) in [4.78, 5) is 12.6. The Hall–Kier alpha value is -1.85. The Balaban J connectivity index is 2.02. The van der Waals surface area contributed by atoms with Crippen LogP contribution in [-0.4, -0.2) is 53.1 Å². The fraction of sp³-hybridized carbons (Fsp3) is 0.435. The molecule has 2 aromatic carbocycles. The molecule has 2 heterocycles. The van der Waals surface area contributed by atoms with Gasteiger partial charge in [0.05, 0.1) is 49.9 Å². The number of benzene rings is 2. The van der Waals surface area contributed by atoms with E-state index < -0.39 is 0 Å². The highest BCUT2D eigenvalue weighted by Crippen LogP contribution is 2.56. The molecule has 34 heavy (non-hydrogen) atoms. The van der Waals surface area contributed by atoms with Crippen molar-refractivity contribution in [3.63, 3.8) is 0 Å². The third-order valence-electron chi connectivity index (χ3n) is 6.09. The first kappa shape index (κ1) is 25.2. The zero-order chi connectivity index (χ0) is 24.6. The molecule has 4 rings (SSSR count). The minimum absolute atomic E-state index is 0.0924. The topological polar surface area (TPSA) is 81.7 Å². The van der Waals surface area contributed by atoms with Gasteiger partial charge < -0.3 is 33.2 Å². The predicted molar refractivity (Wildman–Crippen MR) is 134 cm³/mol. The Labute approximate surface area is 222 Å². The van der Waals surface area contributed by atoms with Crippen LogP contribution in [-0.2, 0) is 9.53 Å². The summed E-state index contributed by atoms with van der Waals surface area (Å²) in [5, 5.41) is 0.453. The van der Waals surface area contributed by atoms with Crippen molar-refractivity contribution in [2.75, 3.05) is 47.2 Å². The summed E-state index contributed by atoms with van der Waals surface area (Å²) in [5.41, 5.74) is 1.66. The third-order valence-corrected chi connectivity index (χ3v) is 8.42. The van der Waals surface area contributed by atoms with E-state index in [2.05, 4.69) is 47.8 Å². The van der Waals surface area contributed by atoms with E-state index >= 15 is 0 Å². The van der Waals surface area contributed by atoms with Gasteiger partial charge in [0.2, 0.25) is 18.3 Å². The minimum Gasteiger partial charge on any atom is -0.493 e. The average molecular weight is 667 g/mol. The van der Waals surface area contributed by atoms with Crippen molar-refractivity contribution in [1.29, 1.82) is 0 Å². The molecule has 2 aliphatic heterocycles. The summed E-state index contributed by atoms with van der Waals surface area (Å²) in [6.07, 6.45) is 0. The number of ether oxygens (including phenoxy) is 7. The monoisotopic (exact) mass is 664 g/mol. The molecule has 1 fully saturated rings. The number of rotatable bonds is 8. The quantitative estimate of drug-likeness (QED) is 0.278. The lowest BCUT2D eigenvalue weighted by molar-refractivity contribution is -0.140. The smallest absolute Gasteiger partial charge is 0.310 e. The Kier molecular flexibility index (Phi) is 7.73. The number of carbonyl (C=O) groups is 1. The highest BCUT2D eigenvalue weighted by molar-refractivity contribution is 9.11. The molecule has 0 aliphatic carbocycles. The van der Waals surface area contributed by atoms with Gasteiger partial charge in [-0.15, -0.1) is 0 Å². The highest BCUT2D eigenvalue weighted by Gasteiger charge is 2.45. The predicted octanol–water partition coefficient (Wildman–Crippen LogP) is 5.29. The summed E-state index contributed by atoms with van der Waals surface area (Å²) in [6.45, 7) is 0.335. The second-order valence-corrected chi connectivity index (χ2v) is 9.86. The number of halogens is 3. The van der Waals surface area contributed by atoms with Crippen molar-refractivity contribution < 1.29 is 38.0 Å². The van der Waals surface area contributed by atoms with Gasteiger partial charge in [-0.1, -0.05) is 15.9 Å². The molecule has 3 unspecified atom stereocenters. The number of alkyl halides is 1. The van der Waals surface area contributed by atoms with Crippen LogP contribution in [0.3, 0.4) is 0 Å². The lowest BCUT2D eigenvalue weighted by atomic mass is 9.76. The number of hydrogen-bond donors (Lipinski definition) is 0. The van der Waals surface area contributed by atoms with Gasteiger partial charge in [-0.05, 0) is 55.1 Å². The molecule has 0 radical (unpaired) electrons. The molecule has 0 spiro atoms. The first-order chi connectivity index (χ1) is 16.4. The zero-order valence-electron chi connectivity index (χ0n) is 18.9. The molecule has 184 valence electrons. The first-order valence-electron chi connectivity index (χ1n) is 10.3. The van der Waals surface area contributed by atoms with Gasteiger partial charge in [-0.2, -0.15) is 0 Å². The van der Waals surface area contributed by atoms with Gasteiger partial charge in [-0.3, -0.25) is 4.79 Å². The normalized spacial score (nSPS) is 19.6. The molecule has 1 saturated heterocycles. The van der Waals surface area contributed by atoms with Crippen LogP contribution in [0.2, 0.25) is 0 Å². The van der Waals surface area contributed by atoms with Crippen LogP contribution < -0.4 is 28.4 Å². The number of hydrogen-bond acceptors (Lipinski definition) is 8. The van der Waals surface area contributed by atoms with Crippen LogP contribution in [0, 0.1) is 11.8 Å². The van der Waals surface area contributed by atoms with Crippen molar-refractivity contribution in [2.45, 2.75) is 5.92 Å². The molecule has 11 heteroatoms. The molecule has 0 N–H and O–H groups in total. The fourth-order valence-electron chi connectivity index (χ4n) is 4.49. The minimum atomic E-state index is -0.376. The molecule has 0 bridgehead atoms. The second kappa shape index (κ2) is 10.4. The van der Waals surface area contributed by atoms with Crippen molar-refractivity contribution in [3.05, 3.63) is 32.2 Å². The van der Waals surface area contributed by atoms with Crippen LogP contribution in [0.15, 0.2) is 21.1 Å². The van der Waals surface area contributed by atoms with Crippen LogP contribution >= 0.6 is 47.8 Å². The van der Waals surface area contributed by atoms with Crippen molar-refractivity contribution >= 4 is 53.8 Å². The standard InChI is InChI=1S/C23H23Br3O8/c1-28-14-5-10(17(25)21(30-3)19(14)29-2)16(13-8-32-23(27)12(13)7-24)11-6-15-20(34-9-33-15)22(31-4)18(11)26/h5-6,12-13,16H,7-9H2,1-4H3. The van der Waals surface area contributed by atoms with Gasteiger partial charge in [0, 0.05) is 17.2 Å². The molecular weight excluding hydrogens is 644 g/mol. The molecule has 3 atom stereocenters. The summed E-state index contributed by atoms with van der Waals surface area (Å²) >= 11 is 10.9. The van der Waals surface area contributed by atoms with E-state index in [1.807, 2.05) is 12.1 Å². The highest BCUT2D eigenvalue weighted by atomic mass is 79.9. The van der Waals surface area contributed by atoms with E-state index in [4.69, 9.17) is 33.2 Å². The van der Waals surface area contributed by atoms with Gasteiger partial charge in [0.25, 0.3) is 0 Å². The largest absolute Gasteiger partial charge is 0.493 e. The van der Waals surface area contributed by atoms with Crippen LogP contribution in [0.25, 0.3) is 0 Å².